The molecule has 1 aliphatic rings. The van der Waals surface area contributed by atoms with Crippen LogP contribution in [0.1, 0.15) is 41.0 Å². The molecule has 6 heteroatoms. The summed E-state index contributed by atoms with van der Waals surface area (Å²) in [5.41, 5.74) is 1.99. The lowest BCUT2D eigenvalue weighted by Crippen LogP contribution is -2.42. The predicted octanol–water partition coefficient (Wildman–Crippen LogP) is 3.54. The molecule has 0 bridgehead atoms. The lowest BCUT2D eigenvalue weighted by atomic mass is 9.81. The van der Waals surface area contributed by atoms with E-state index in [1.807, 2.05) is 32.2 Å². The number of nitrogens with one attached hydrogen (secondary N) is 1. The highest BCUT2D eigenvalue weighted by Gasteiger charge is 2.49. The average molecular weight is 350 g/mol. The van der Waals surface area contributed by atoms with Gasteiger partial charge >= 0.3 is 0 Å². The summed E-state index contributed by atoms with van der Waals surface area (Å²) in [6.07, 6.45) is 2.28. The molecule has 0 saturated carbocycles. The monoisotopic (exact) mass is 350 g/mol. The van der Waals surface area contributed by atoms with Crippen molar-refractivity contribution in [3.63, 3.8) is 0 Å². The number of nitrogens with zero attached hydrogens (tertiary/aromatic N) is 3. The highest BCUT2D eigenvalue weighted by Crippen LogP contribution is 2.46. The Bertz CT molecular complexity index is 969. The van der Waals surface area contributed by atoms with Crippen LogP contribution in [0.2, 0.25) is 0 Å². The van der Waals surface area contributed by atoms with Gasteiger partial charge in [0.05, 0.1) is 17.0 Å². The molecule has 3 aromatic rings. The Hall–Kier alpha value is -3.02. The van der Waals surface area contributed by atoms with Crippen LogP contribution in [0.3, 0.4) is 0 Å². The van der Waals surface area contributed by atoms with Crippen LogP contribution in [-0.2, 0) is 12.6 Å². The second-order valence-electron chi connectivity index (χ2n) is 6.51. The quantitative estimate of drug-likeness (QED) is 0.783. The number of alkyl halides is 1. The Kier molecular flexibility index (Phi) is 3.83. The SMILES string of the molecule is CCC1(C(F)c2ccccc2)NC(=O)c2cnc(-c3ccnn3C)cc21. The highest BCUT2D eigenvalue weighted by molar-refractivity contribution is 6.00. The number of hydrogen-bond donors (Lipinski definition) is 1. The van der Waals surface area contributed by atoms with Crippen LogP contribution in [0.4, 0.5) is 4.39 Å². The third-order valence-electron chi connectivity index (χ3n) is 5.13. The van der Waals surface area contributed by atoms with E-state index in [1.165, 1.54) is 6.20 Å². The fourth-order valence-corrected chi connectivity index (χ4v) is 3.67. The van der Waals surface area contributed by atoms with Gasteiger partial charge in [0.2, 0.25) is 0 Å². The largest absolute Gasteiger partial charge is 0.339 e. The van der Waals surface area contributed by atoms with E-state index < -0.39 is 11.7 Å². The molecule has 0 radical (unpaired) electrons. The number of rotatable bonds is 4. The molecule has 1 amide bonds. The first kappa shape index (κ1) is 16.4. The fraction of sp³-hybridized carbons (Fsp3) is 0.250. The minimum absolute atomic E-state index is 0.288. The van der Waals surface area contributed by atoms with Crippen molar-refractivity contribution < 1.29 is 9.18 Å². The summed E-state index contributed by atoms with van der Waals surface area (Å²) < 4.78 is 17.4. The highest BCUT2D eigenvalue weighted by atomic mass is 19.1. The summed E-state index contributed by atoms with van der Waals surface area (Å²) in [5.74, 6) is -0.288. The average Bonchev–Trinajstić information content (AvgIpc) is 3.23. The van der Waals surface area contributed by atoms with Crippen LogP contribution in [0.15, 0.2) is 54.9 Å². The molecule has 3 heterocycles. The van der Waals surface area contributed by atoms with Gasteiger partial charge < -0.3 is 5.32 Å². The van der Waals surface area contributed by atoms with Gasteiger partial charge in [-0.2, -0.15) is 5.10 Å². The second kappa shape index (κ2) is 6.05. The number of carbonyl (C=O) groups excluding carboxylic acids is 1. The Morgan fingerprint density at radius 1 is 1.27 bits per heavy atom. The smallest absolute Gasteiger partial charge is 0.254 e. The number of carbonyl (C=O) groups is 1. The molecule has 2 aromatic heterocycles. The maximum atomic E-state index is 15.6. The zero-order valence-corrected chi connectivity index (χ0v) is 14.6. The van der Waals surface area contributed by atoms with Crippen molar-refractivity contribution in [1.29, 1.82) is 0 Å². The molecule has 26 heavy (non-hydrogen) atoms. The predicted molar refractivity (Wildman–Crippen MR) is 96.2 cm³/mol. The van der Waals surface area contributed by atoms with Crippen molar-refractivity contribution in [2.45, 2.75) is 25.1 Å². The molecule has 0 saturated heterocycles. The molecule has 2 atom stereocenters. The van der Waals surface area contributed by atoms with Crippen LogP contribution in [0.25, 0.3) is 11.4 Å². The van der Waals surface area contributed by atoms with Gasteiger partial charge in [-0.05, 0) is 29.7 Å². The number of hydrogen-bond acceptors (Lipinski definition) is 3. The minimum atomic E-state index is -1.36. The van der Waals surface area contributed by atoms with Gasteiger partial charge in [-0.25, -0.2) is 4.39 Å². The van der Waals surface area contributed by atoms with E-state index in [4.69, 9.17) is 0 Å². The van der Waals surface area contributed by atoms with E-state index in [0.717, 1.165) is 5.69 Å². The summed E-state index contributed by atoms with van der Waals surface area (Å²) in [5, 5.41) is 7.05. The van der Waals surface area contributed by atoms with Crippen LogP contribution in [0, 0.1) is 0 Å². The minimum Gasteiger partial charge on any atom is -0.339 e. The van der Waals surface area contributed by atoms with Crippen molar-refractivity contribution in [3.8, 4) is 11.4 Å². The number of fused-ring (bicyclic) bond motifs is 1. The van der Waals surface area contributed by atoms with Gasteiger partial charge in [0.25, 0.3) is 5.91 Å². The Morgan fingerprint density at radius 2 is 2.04 bits per heavy atom. The molecular weight excluding hydrogens is 331 g/mol. The molecule has 5 nitrogen and oxygen atoms in total. The van der Waals surface area contributed by atoms with Gasteiger partial charge in [0, 0.05) is 19.4 Å². The van der Waals surface area contributed by atoms with Crippen molar-refractivity contribution >= 4 is 5.91 Å². The summed E-state index contributed by atoms with van der Waals surface area (Å²) in [6.45, 7) is 1.88. The van der Waals surface area contributed by atoms with Crippen molar-refractivity contribution in [2.24, 2.45) is 7.05 Å². The molecule has 1 N–H and O–H groups in total. The van der Waals surface area contributed by atoms with Crippen molar-refractivity contribution in [1.82, 2.24) is 20.1 Å². The molecule has 0 spiro atoms. The zero-order valence-electron chi connectivity index (χ0n) is 14.6. The maximum Gasteiger partial charge on any atom is 0.254 e. The lowest BCUT2D eigenvalue weighted by molar-refractivity contribution is 0.0849. The van der Waals surface area contributed by atoms with Crippen molar-refractivity contribution in [3.05, 3.63) is 71.5 Å². The number of pyridine rings is 1. The second-order valence-corrected chi connectivity index (χ2v) is 6.51. The van der Waals surface area contributed by atoms with E-state index in [0.29, 0.717) is 28.8 Å². The number of aromatic nitrogens is 3. The first-order valence-corrected chi connectivity index (χ1v) is 8.57. The first-order chi connectivity index (χ1) is 12.6. The van der Waals surface area contributed by atoms with E-state index in [9.17, 15) is 4.79 Å². The Morgan fingerprint density at radius 3 is 2.69 bits per heavy atom. The molecule has 1 aliphatic heterocycles. The van der Waals surface area contributed by atoms with E-state index in [-0.39, 0.29) is 5.91 Å². The summed E-state index contributed by atoms with van der Waals surface area (Å²) in [6, 6.07) is 12.6. The van der Waals surface area contributed by atoms with E-state index in [1.54, 1.807) is 35.1 Å². The van der Waals surface area contributed by atoms with Gasteiger partial charge in [0.15, 0.2) is 6.17 Å². The lowest BCUT2D eigenvalue weighted by Gasteiger charge is -2.33. The van der Waals surface area contributed by atoms with Crippen LogP contribution in [-0.4, -0.2) is 20.7 Å². The third kappa shape index (κ3) is 2.33. The number of halogens is 1. The molecule has 0 aliphatic carbocycles. The van der Waals surface area contributed by atoms with Crippen LogP contribution < -0.4 is 5.32 Å². The summed E-state index contributed by atoms with van der Waals surface area (Å²) in [7, 11) is 1.82. The number of benzene rings is 1. The molecule has 2 unspecified atom stereocenters. The van der Waals surface area contributed by atoms with E-state index in [2.05, 4.69) is 15.4 Å². The zero-order chi connectivity index (χ0) is 18.3. The molecular formula is C20H19FN4O. The van der Waals surface area contributed by atoms with Gasteiger partial charge in [0.1, 0.15) is 5.54 Å². The summed E-state index contributed by atoms with van der Waals surface area (Å²) >= 11 is 0. The standard InChI is InChI=1S/C20H19FN4O/c1-3-20(18(21)13-7-5-4-6-8-13)15-11-16(17-9-10-23-25(17)2)22-12-14(15)19(26)24-20/h4-12,18H,3H2,1-2H3,(H,24,26). The Labute approximate surface area is 150 Å². The molecule has 4 rings (SSSR count). The van der Waals surface area contributed by atoms with Gasteiger partial charge in [-0.1, -0.05) is 37.3 Å². The Balaban J connectivity index is 1.87. The normalized spacial score (nSPS) is 19.9. The number of aryl methyl sites for hydroxylation is 1. The van der Waals surface area contributed by atoms with Gasteiger partial charge in [-0.3, -0.25) is 14.5 Å². The van der Waals surface area contributed by atoms with E-state index >= 15 is 4.39 Å². The number of amides is 1. The topological polar surface area (TPSA) is 59.8 Å². The third-order valence-corrected chi connectivity index (χ3v) is 5.13. The molecule has 0 fully saturated rings. The molecule has 132 valence electrons. The fourth-order valence-electron chi connectivity index (χ4n) is 3.67. The summed E-state index contributed by atoms with van der Waals surface area (Å²) in [4.78, 5) is 16.9. The maximum absolute atomic E-state index is 15.6. The van der Waals surface area contributed by atoms with Crippen molar-refractivity contribution in [2.75, 3.05) is 0 Å². The first-order valence-electron chi connectivity index (χ1n) is 8.57. The van der Waals surface area contributed by atoms with Crippen LogP contribution >= 0.6 is 0 Å². The molecule has 1 aromatic carbocycles. The van der Waals surface area contributed by atoms with Gasteiger partial charge in [-0.15, -0.1) is 0 Å². The van der Waals surface area contributed by atoms with Crippen LogP contribution in [0.5, 0.6) is 0 Å².